The fraction of sp³-hybridized carbons (Fsp3) is 0.533. The summed E-state index contributed by atoms with van der Waals surface area (Å²) in [5.41, 5.74) is 1.14. The van der Waals surface area contributed by atoms with Crippen LogP contribution in [0.5, 0.6) is 0 Å². The van der Waals surface area contributed by atoms with Gasteiger partial charge in [0.05, 0.1) is 15.2 Å². The molecular weight excluding hydrogens is 240 g/mol. The largest absolute Gasteiger partial charge is 0.315 e. The van der Waals surface area contributed by atoms with E-state index in [0.717, 1.165) is 18.5 Å². The van der Waals surface area contributed by atoms with E-state index < -0.39 is 0 Å². The molecule has 0 fully saturated rings. The topological polar surface area (TPSA) is 24.9 Å². The van der Waals surface area contributed by atoms with Crippen LogP contribution in [0, 0.1) is 5.92 Å². The van der Waals surface area contributed by atoms with Gasteiger partial charge in [0.1, 0.15) is 0 Å². The van der Waals surface area contributed by atoms with Crippen LogP contribution in [0.4, 0.5) is 0 Å². The molecule has 3 heteroatoms. The highest BCUT2D eigenvalue weighted by molar-refractivity contribution is 7.18. The second-order valence-corrected chi connectivity index (χ2v) is 6.40. The molecule has 2 aromatic rings. The Bertz CT molecular complexity index is 457. The van der Waals surface area contributed by atoms with E-state index in [2.05, 4.69) is 50.4 Å². The normalized spacial score (nSPS) is 13.3. The molecule has 0 aliphatic heterocycles. The van der Waals surface area contributed by atoms with Gasteiger partial charge in [0, 0.05) is 12.5 Å². The molecule has 0 saturated carbocycles. The molecule has 18 heavy (non-hydrogen) atoms. The van der Waals surface area contributed by atoms with Gasteiger partial charge in [0.15, 0.2) is 0 Å². The standard InChI is InChI=1S/C15H22N2S/c1-11(2)16-9-8-12(3)10-15-17-13-6-4-5-7-14(13)18-15/h4-7,11-12,16H,8-10H2,1-3H3. The molecule has 1 aromatic carbocycles. The number of aromatic nitrogens is 1. The molecule has 0 bridgehead atoms. The summed E-state index contributed by atoms with van der Waals surface area (Å²) >= 11 is 1.83. The third-order valence-electron chi connectivity index (χ3n) is 3.05. The van der Waals surface area contributed by atoms with E-state index in [1.165, 1.54) is 16.1 Å². The molecule has 1 heterocycles. The Balaban J connectivity index is 1.88. The fourth-order valence-electron chi connectivity index (χ4n) is 2.03. The first kappa shape index (κ1) is 13.5. The number of nitrogens with one attached hydrogen (secondary N) is 1. The lowest BCUT2D eigenvalue weighted by atomic mass is 10.0. The Hall–Kier alpha value is -0.930. The van der Waals surface area contributed by atoms with Crippen molar-refractivity contribution >= 4 is 21.6 Å². The average Bonchev–Trinajstić information content (AvgIpc) is 2.70. The molecule has 1 aromatic heterocycles. The highest BCUT2D eigenvalue weighted by Crippen LogP contribution is 2.24. The van der Waals surface area contributed by atoms with Crippen LogP contribution in [0.3, 0.4) is 0 Å². The van der Waals surface area contributed by atoms with E-state index in [4.69, 9.17) is 4.98 Å². The van der Waals surface area contributed by atoms with Crippen LogP contribution in [0.1, 0.15) is 32.2 Å². The monoisotopic (exact) mass is 262 g/mol. The van der Waals surface area contributed by atoms with Crippen molar-refractivity contribution in [3.05, 3.63) is 29.3 Å². The quantitative estimate of drug-likeness (QED) is 0.855. The minimum absolute atomic E-state index is 0.583. The fourth-order valence-corrected chi connectivity index (χ4v) is 3.16. The smallest absolute Gasteiger partial charge is 0.0941 e. The van der Waals surface area contributed by atoms with E-state index in [-0.39, 0.29) is 0 Å². The molecule has 0 aliphatic rings. The van der Waals surface area contributed by atoms with E-state index >= 15 is 0 Å². The van der Waals surface area contributed by atoms with Gasteiger partial charge in [-0.3, -0.25) is 0 Å². The number of nitrogens with zero attached hydrogens (tertiary/aromatic N) is 1. The molecular formula is C15H22N2S. The van der Waals surface area contributed by atoms with Gasteiger partial charge in [-0.25, -0.2) is 4.98 Å². The van der Waals surface area contributed by atoms with E-state index in [0.29, 0.717) is 12.0 Å². The zero-order valence-corrected chi connectivity index (χ0v) is 12.3. The number of benzene rings is 1. The predicted octanol–water partition coefficient (Wildman–Crippen LogP) is 3.86. The summed E-state index contributed by atoms with van der Waals surface area (Å²) in [5.74, 6) is 0.691. The SMILES string of the molecule is CC(CCNC(C)C)Cc1nc2ccccc2s1. The molecule has 0 spiro atoms. The van der Waals surface area contributed by atoms with Crippen LogP contribution in [-0.2, 0) is 6.42 Å². The first-order chi connectivity index (χ1) is 8.65. The predicted molar refractivity (Wildman–Crippen MR) is 80.2 cm³/mol. The minimum Gasteiger partial charge on any atom is -0.315 e. The van der Waals surface area contributed by atoms with Crippen molar-refractivity contribution in [1.29, 1.82) is 0 Å². The van der Waals surface area contributed by atoms with Gasteiger partial charge in [0.25, 0.3) is 0 Å². The van der Waals surface area contributed by atoms with E-state index in [1.54, 1.807) is 0 Å². The maximum atomic E-state index is 4.69. The third kappa shape index (κ3) is 3.79. The molecule has 0 amide bonds. The van der Waals surface area contributed by atoms with Crippen molar-refractivity contribution in [2.75, 3.05) is 6.54 Å². The Morgan fingerprint density at radius 2 is 2.00 bits per heavy atom. The first-order valence-corrected chi connectivity index (χ1v) is 7.54. The summed E-state index contributed by atoms with van der Waals surface area (Å²) in [6.45, 7) is 7.80. The molecule has 2 nitrogen and oxygen atoms in total. The molecule has 0 aliphatic carbocycles. The summed E-state index contributed by atoms with van der Waals surface area (Å²) in [6, 6.07) is 8.98. The maximum Gasteiger partial charge on any atom is 0.0941 e. The van der Waals surface area contributed by atoms with Crippen LogP contribution in [0.25, 0.3) is 10.2 Å². The summed E-state index contributed by atoms with van der Waals surface area (Å²) in [5, 5.41) is 4.74. The Kier molecular flexibility index (Phi) is 4.72. The summed E-state index contributed by atoms with van der Waals surface area (Å²) in [7, 11) is 0. The minimum atomic E-state index is 0.583. The molecule has 0 saturated heterocycles. The average molecular weight is 262 g/mol. The lowest BCUT2D eigenvalue weighted by Gasteiger charge is -2.12. The number of hydrogen-bond acceptors (Lipinski definition) is 3. The van der Waals surface area contributed by atoms with E-state index in [9.17, 15) is 0 Å². The molecule has 0 radical (unpaired) electrons. The van der Waals surface area contributed by atoms with Crippen LogP contribution in [-0.4, -0.2) is 17.6 Å². The van der Waals surface area contributed by atoms with Crippen molar-refractivity contribution in [3.8, 4) is 0 Å². The van der Waals surface area contributed by atoms with Crippen molar-refractivity contribution in [2.45, 2.75) is 39.7 Å². The third-order valence-corrected chi connectivity index (χ3v) is 4.11. The maximum absolute atomic E-state index is 4.69. The van der Waals surface area contributed by atoms with Gasteiger partial charge in [-0.15, -0.1) is 11.3 Å². The summed E-state index contributed by atoms with van der Waals surface area (Å²) in [4.78, 5) is 4.69. The van der Waals surface area contributed by atoms with Crippen molar-refractivity contribution < 1.29 is 0 Å². The van der Waals surface area contributed by atoms with Gasteiger partial charge in [-0.2, -0.15) is 0 Å². The van der Waals surface area contributed by atoms with Crippen LogP contribution in [0.2, 0.25) is 0 Å². The molecule has 98 valence electrons. The molecule has 1 atom stereocenters. The number of fused-ring (bicyclic) bond motifs is 1. The number of para-hydroxylation sites is 1. The zero-order valence-electron chi connectivity index (χ0n) is 11.4. The zero-order chi connectivity index (χ0) is 13.0. The first-order valence-electron chi connectivity index (χ1n) is 6.73. The Morgan fingerprint density at radius 1 is 1.22 bits per heavy atom. The summed E-state index contributed by atoms with van der Waals surface area (Å²) in [6.07, 6.45) is 2.31. The molecule has 1 N–H and O–H groups in total. The molecule has 1 unspecified atom stereocenters. The number of rotatable bonds is 6. The van der Waals surface area contributed by atoms with Crippen molar-refractivity contribution in [1.82, 2.24) is 10.3 Å². The number of hydrogen-bond donors (Lipinski definition) is 1. The number of thiazole rings is 1. The Morgan fingerprint density at radius 3 is 2.72 bits per heavy atom. The van der Waals surface area contributed by atoms with Crippen LogP contribution in [0.15, 0.2) is 24.3 Å². The van der Waals surface area contributed by atoms with Gasteiger partial charge in [-0.05, 0) is 31.0 Å². The van der Waals surface area contributed by atoms with Crippen LogP contribution < -0.4 is 5.32 Å². The summed E-state index contributed by atoms with van der Waals surface area (Å²) < 4.78 is 1.31. The molecule has 2 rings (SSSR count). The van der Waals surface area contributed by atoms with Gasteiger partial charge in [-0.1, -0.05) is 32.9 Å². The van der Waals surface area contributed by atoms with Crippen molar-refractivity contribution in [2.24, 2.45) is 5.92 Å². The highest BCUT2D eigenvalue weighted by atomic mass is 32.1. The van der Waals surface area contributed by atoms with Gasteiger partial charge >= 0.3 is 0 Å². The highest BCUT2D eigenvalue weighted by Gasteiger charge is 2.08. The second-order valence-electron chi connectivity index (χ2n) is 5.28. The lowest BCUT2D eigenvalue weighted by Crippen LogP contribution is -2.25. The second kappa shape index (κ2) is 6.30. The van der Waals surface area contributed by atoms with Crippen LogP contribution >= 0.6 is 11.3 Å². The Labute approximate surface area is 113 Å². The van der Waals surface area contributed by atoms with Crippen molar-refractivity contribution in [3.63, 3.8) is 0 Å². The lowest BCUT2D eigenvalue weighted by molar-refractivity contribution is 0.476. The van der Waals surface area contributed by atoms with Gasteiger partial charge < -0.3 is 5.32 Å². The van der Waals surface area contributed by atoms with Gasteiger partial charge in [0.2, 0.25) is 0 Å². The van der Waals surface area contributed by atoms with E-state index in [1.807, 2.05) is 11.3 Å².